The molecular weight excluding hydrogens is 191 g/mol. The predicted molar refractivity (Wildman–Crippen MR) is 44.3 cm³/mol. The molecule has 14 heavy (non-hydrogen) atoms. The van der Waals surface area contributed by atoms with E-state index in [1.165, 1.54) is 0 Å². The molecule has 0 aromatic rings. The quantitative estimate of drug-likeness (QED) is 0.547. The number of hydrogen-bond donors (Lipinski definition) is 0. The summed E-state index contributed by atoms with van der Waals surface area (Å²) in [5.41, 5.74) is -2.11. The maximum atomic E-state index is 13.9. The van der Waals surface area contributed by atoms with Crippen LogP contribution in [0.25, 0.3) is 0 Å². The van der Waals surface area contributed by atoms with Crippen LogP contribution in [-0.2, 0) is 19.0 Å². The fraction of sp³-hybridized carbons (Fsp3) is 0.889. The van der Waals surface area contributed by atoms with Gasteiger partial charge in [-0.05, 0) is 20.8 Å². The van der Waals surface area contributed by atoms with Gasteiger partial charge in [-0.3, -0.25) is 0 Å². The number of hydrogen-bond acceptors (Lipinski definition) is 4. The number of cyclic esters (lactones) is 1. The molecule has 0 aliphatic carbocycles. The highest BCUT2D eigenvalue weighted by atomic mass is 19.1. The van der Waals surface area contributed by atoms with E-state index in [4.69, 9.17) is 9.47 Å². The summed E-state index contributed by atoms with van der Waals surface area (Å²) in [6, 6.07) is 0. The summed E-state index contributed by atoms with van der Waals surface area (Å²) in [7, 11) is 0. The molecule has 1 unspecified atom stereocenters. The molecule has 2 fully saturated rings. The Morgan fingerprint density at radius 1 is 1.36 bits per heavy atom. The molecule has 0 aromatic heterocycles. The minimum atomic E-state index is -2.11. The molecule has 2 saturated heterocycles. The van der Waals surface area contributed by atoms with E-state index in [9.17, 15) is 9.18 Å². The Hall–Kier alpha value is -0.680. The lowest BCUT2D eigenvalue weighted by Crippen LogP contribution is -2.55. The van der Waals surface area contributed by atoms with Gasteiger partial charge in [0.25, 0.3) is 0 Å². The van der Waals surface area contributed by atoms with Crippen molar-refractivity contribution < 1.29 is 23.4 Å². The number of carbonyl (C=O) groups excluding carboxylic acids is 1. The van der Waals surface area contributed by atoms with Crippen molar-refractivity contribution >= 4 is 5.97 Å². The Labute approximate surface area is 81.3 Å². The number of fused-ring (bicyclic) bond motifs is 1. The molecule has 2 aliphatic heterocycles. The van der Waals surface area contributed by atoms with Gasteiger partial charge in [-0.25, -0.2) is 9.18 Å². The van der Waals surface area contributed by atoms with Gasteiger partial charge in [0.05, 0.1) is 0 Å². The normalized spacial score (nSPS) is 45.9. The van der Waals surface area contributed by atoms with Gasteiger partial charge in [0.2, 0.25) is 5.67 Å². The lowest BCUT2D eigenvalue weighted by Gasteiger charge is -2.32. The zero-order valence-corrected chi connectivity index (χ0v) is 8.37. The highest BCUT2D eigenvalue weighted by Crippen LogP contribution is 2.39. The van der Waals surface area contributed by atoms with Crippen molar-refractivity contribution in [2.24, 2.45) is 0 Å². The second-order valence-electron chi connectivity index (χ2n) is 4.27. The molecule has 4 nitrogen and oxygen atoms in total. The highest BCUT2D eigenvalue weighted by Gasteiger charge is 2.59. The Morgan fingerprint density at radius 3 is 2.64 bits per heavy atom. The van der Waals surface area contributed by atoms with Crippen molar-refractivity contribution in [3.63, 3.8) is 0 Å². The van der Waals surface area contributed by atoms with Crippen molar-refractivity contribution in [3.8, 4) is 0 Å². The first-order chi connectivity index (χ1) is 6.33. The maximum absolute atomic E-state index is 13.9. The Kier molecular flexibility index (Phi) is 1.88. The summed E-state index contributed by atoms with van der Waals surface area (Å²) in [6.07, 6.45) is -1.36. The van der Waals surface area contributed by atoms with E-state index in [1.54, 1.807) is 13.8 Å². The van der Waals surface area contributed by atoms with Crippen molar-refractivity contribution in [3.05, 3.63) is 0 Å². The van der Waals surface area contributed by atoms with E-state index in [1.807, 2.05) is 0 Å². The van der Waals surface area contributed by atoms with Crippen molar-refractivity contribution in [2.45, 2.75) is 44.4 Å². The lowest BCUT2D eigenvalue weighted by molar-refractivity contribution is -0.181. The molecule has 5 heteroatoms. The SMILES string of the molecule is CC1(C)O[C@@H]2[C@@H](COC(=O)C2(C)F)O1. The second-order valence-corrected chi connectivity index (χ2v) is 4.27. The molecule has 2 heterocycles. The zero-order valence-electron chi connectivity index (χ0n) is 8.37. The first-order valence-corrected chi connectivity index (χ1v) is 4.55. The van der Waals surface area contributed by atoms with Crippen LogP contribution in [0, 0.1) is 0 Å². The Balaban J connectivity index is 2.25. The number of ether oxygens (including phenoxy) is 3. The van der Waals surface area contributed by atoms with Crippen molar-refractivity contribution in [2.75, 3.05) is 6.61 Å². The van der Waals surface area contributed by atoms with E-state index >= 15 is 0 Å². The second kappa shape index (κ2) is 2.67. The van der Waals surface area contributed by atoms with Crippen LogP contribution in [0.5, 0.6) is 0 Å². The van der Waals surface area contributed by atoms with E-state index in [-0.39, 0.29) is 6.61 Å². The first-order valence-electron chi connectivity index (χ1n) is 4.55. The number of halogens is 1. The van der Waals surface area contributed by atoms with Gasteiger partial charge >= 0.3 is 5.97 Å². The highest BCUT2D eigenvalue weighted by molar-refractivity contribution is 5.80. The molecule has 0 bridgehead atoms. The largest absolute Gasteiger partial charge is 0.460 e. The number of esters is 1. The summed E-state index contributed by atoms with van der Waals surface area (Å²) in [5, 5.41) is 0. The average molecular weight is 204 g/mol. The first kappa shape index (κ1) is 9.86. The van der Waals surface area contributed by atoms with Gasteiger partial charge in [-0.2, -0.15) is 0 Å². The molecule has 2 aliphatic rings. The van der Waals surface area contributed by atoms with E-state index < -0.39 is 29.6 Å². The summed E-state index contributed by atoms with van der Waals surface area (Å²) >= 11 is 0. The molecule has 0 aromatic carbocycles. The third kappa shape index (κ3) is 1.31. The summed E-state index contributed by atoms with van der Waals surface area (Å²) in [5.74, 6) is -1.73. The van der Waals surface area contributed by atoms with Crippen LogP contribution in [0.15, 0.2) is 0 Å². The third-order valence-electron chi connectivity index (χ3n) is 2.50. The van der Waals surface area contributed by atoms with Crippen LogP contribution in [-0.4, -0.2) is 36.2 Å². The molecule has 80 valence electrons. The Bertz CT molecular complexity index is 274. The van der Waals surface area contributed by atoms with Crippen LogP contribution < -0.4 is 0 Å². The molecule has 2 rings (SSSR count). The molecule has 0 amide bonds. The molecule has 0 spiro atoms. The van der Waals surface area contributed by atoms with Crippen LogP contribution in [0.3, 0.4) is 0 Å². The number of alkyl halides is 1. The average Bonchev–Trinajstić information content (AvgIpc) is 2.35. The lowest BCUT2D eigenvalue weighted by atomic mass is 9.95. The monoisotopic (exact) mass is 204 g/mol. The van der Waals surface area contributed by atoms with E-state index in [2.05, 4.69) is 4.74 Å². The topological polar surface area (TPSA) is 44.8 Å². The van der Waals surface area contributed by atoms with E-state index in [0.717, 1.165) is 6.92 Å². The van der Waals surface area contributed by atoms with Crippen LogP contribution in [0.2, 0.25) is 0 Å². The van der Waals surface area contributed by atoms with Gasteiger partial charge in [-0.1, -0.05) is 0 Å². The minimum Gasteiger partial charge on any atom is -0.460 e. The number of carbonyl (C=O) groups is 1. The Morgan fingerprint density at radius 2 is 2.00 bits per heavy atom. The van der Waals surface area contributed by atoms with Gasteiger partial charge in [0.1, 0.15) is 18.8 Å². The summed E-state index contributed by atoms with van der Waals surface area (Å²) in [4.78, 5) is 11.1. The fourth-order valence-corrected chi connectivity index (χ4v) is 1.83. The van der Waals surface area contributed by atoms with E-state index in [0.29, 0.717) is 0 Å². The van der Waals surface area contributed by atoms with Crippen molar-refractivity contribution in [1.29, 1.82) is 0 Å². The smallest absolute Gasteiger partial charge is 0.346 e. The van der Waals surface area contributed by atoms with Gasteiger partial charge in [0, 0.05) is 0 Å². The molecule has 3 atom stereocenters. The maximum Gasteiger partial charge on any atom is 0.346 e. The zero-order chi connectivity index (χ0) is 10.6. The molecule has 0 N–H and O–H groups in total. The predicted octanol–water partition coefficient (Wildman–Crippen LogP) is 0.791. The fourth-order valence-electron chi connectivity index (χ4n) is 1.83. The van der Waals surface area contributed by atoms with Gasteiger partial charge in [-0.15, -0.1) is 0 Å². The summed E-state index contributed by atoms with van der Waals surface area (Å²) < 4.78 is 29.3. The molecule has 0 radical (unpaired) electrons. The van der Waals surface area contributed by atoms with Gasteiger partial charge in [0.15, 0.2) is 5.79 Å². The standard InChI is InChI=1S/C9H13FO4/c1-8(2)13-5-4-12-7(11)9(3,10)6(5)14-8/h5-6H,4H2,1-3H3/t5-,6-,9?/m1/s1. The summed E-state index contributed by atoms with van der Waals surface area (Å²) in [6.45, 7) is 4.60. The van der Waals surface area contributed by atoms with Crippen LogP contribution in [0.4, 0.5) is 4.39 Å². The minimum absolute atomic E-state index is 0.0619. The third-order valence-corrected chi connectivity index (χ3v) is 2.50. The number of rotatable bonds is 0. The van der Waals surface area contributed by atoms with Crippen LogP contribution >= 0.6 is 0 Å². The van der Waals surface area contributed by atoms with Gasteiger partial charge < -0.3 is 14.2 Å². The van der Waals surface area contributed by atoms with Crippen molar-refractivity contribution in [1.82, 2.24) is 0 Å². The molecular formula is C9H13FO4. The molecule has 0 saturated carbocycles. The van der Waals surface area contributed by atoms with Crippen LogP contribution in [0.1, 0.15) is 20.8 Å².